The quantitative estimate of drug-likeness (QED) is 0.164. The Morgan fingerprint density at radius 3 is 1.14 bits per heavy atom. The number of nitrogens with zero attached hydrogens (tertiary/aromatic N) is 2. The molecular formula is C56H35BrN2. The summed E-state index contributed by atoms with van der Waals surface area (Å²) in [5, 5.41) is 9.97. The van der Waals surface area contributed by atoms with E-state index in [4.69, 9.17) is 0 Å². The molecule has 0 saturated heterocycles. The maximum atomic E-state index is 3.90. The van der Waals surface area contributed by atoms with Crippen molar-refractivity contribution in [2.24, 2.45) is 0 Å². The molecule has 2 heterocycles. The number of hydrogen-bond donors (Lipinski definition) is 0. The molecule has 0 amide bonds. The van der Waals surface area contributed by atoms with Gasteiger partial charge in [-0.15, -0.1) is 0 Å². The highest BCUT2D eigenvalue weighted by atomic mass is 79.9. The fourth-order valence-corrected chi connectivity index (χ4v) is 9.80. The van der Waals surface area contributed by atoms with Gasteiger partial charge in [0.15, 0.2) is 0 Å². The summed E-state index contributed by atoms with van der Waals surface area (Å²) in [5.74, 6) is 0. The van der Waals surface area contributed by atoms with E-state index in [1.165, 1.54) is 87.4 Å². The van der Waals surface area contributed by atoms with Gasteiger partial charge >= 0.3 is 0 Å². The van der Waals surface area contributed by atoms with E-state index in [9.17, 15) is 0 Å². The molecule has 3 heteroatoms. The van der Waals surface area contributed by atoms with Crippen molar-refractivity contribution in [3.63, 3.8) is 0 Å². The Balaban J connectivity index is 1.11. The predicted molar refractivity (Wildman–Crippen MR) is 254 cm³/mol. The first-order chi connectivity index (χ1) is 29.1. The maximum Gasteiger partial charge on any atom is 0.0547 e. The van der Waals surface area contributed by atoms with E-state index in [2.05, 4.69) is 237 Å². The van der Waals surface area contributed by atoms with Crippen LogP contribution in [0.2, 0.25) is 0 Å². The molecular weight excluding hydrogens is 781 g/mol. The van der Waals surface area contributed by atoms with Gasteiger partial charge in [-0.05, 0) is 140 Å². The minimum absolute atomic E-state index is 1.07. The summed E-state index contributed by atoms with van der Waals surface area (Å²) < 4.78 is 5.93. The van der Waals surface area contributed by atoms with Gasteiger partial charge in [0.2, 0.25) is 0 Å². The number of hydrogen-bond acceptors (Lipinski definition) is 0. The van der Waals surface area contributed by atoms with Gasteiger partial charge in [0.1, 0.15) is 0 Å². The molecule has 2 aromatic heterocycles. The number of para-hydroxylation sites is 2. The summed E-state index contributed by atoms with van der Waals surface area (Å²) in [6.45, 7) is 0. The van der Waals surface area contributed by atoms with Gasteiger partial charge in [-0.1, -0.05) is 143 Å². The molecule has 0 atom stereocenters. The lowest BCUT2D eigenvalue weighted by atomic mass is 9.92. The highest BCUT2D eigenvalue weighted by molar-refractivity contribution is 9.10. The van der Waals surface area contributed by atoms with Crippen LogP contribution >= 0.6 is 15.9 Å². The van der Waals surface area contributed by atoms with Crippen LogP contribution in [0.15, 0.2) is 217 Å². The first kappa shape index (κ1) is 33.9. The van der Waals surface area contributed by atoms with Gasteiger partial charge < -0.3 is 9.13 Å². The Morgan fingerprint density at radius 1 is 0.271 bits per heavy atom. The standard InChI is InChI=1S/C56H35BrN2/c57-52-22-12-11-21-47(52)44-28-42(40-23-25-48-50-30-36-13-7-9-15-38(36)32-55(50)58(53(48)34-40)45-17-3-1-4-18-45)27-43(29-44)41-24-26-49-51-31-37-14-8-10-16-39(37)33-56(51)59(54(49)35-41)46-19-5-2-6-20-46/h1-35H. The van der Waals surface area contributed by atoms with Crippen molar-refractivity contribution in [3.8, 4) is 44.8 Å². The summed E-state index contributed by atoms with van der Waals surface area (Å²) in [6, 6.07) is 77.9. The summed E-state index contributed by atoms with van der Waals surface area (Å²) in [5.41, 5.74) is 14.1. The van der Waals surface area contributed by atoms with Crippen LogP contribution < -0.4 is 0 Å². The van der Waals surface area contributed by atoms with Gasteiger partial charge in [0.05, 0.1) is 22.1 Å². The maximum absolute atomic E-state index is 3.90. The van der Waals surface area contributed by atoms with Crippen molar-refractivity contribution in [3.05, 3.63) is 217 Å². The van der Waals surface area contributed by atoms with Crippen LogP contribution in [0.3, 0.4) is 0 Å². The fourth-order valence-electron chi connectivity index (χ4n) is 9.29. The van der Waals surface area contributed by atoms with E-state index >= 15 is 0 Å². The van der Waals surface area contributed by atoms with E-state index in [0.717, 1.165) is 27.0 Å². The highest BCUT2D eigenvalue weighted by Gasteiger charge is 2.18. The van der Waals surface area contributed by atoms with Gasteiger partial charge in [0.25, 0.3) is 0 Å². The molecule has 0 N–H and O–H groups in total. The second kappa shape index (κ2) is 13.4. The molecule has 0 aliphatic heterocycles. The lowest BCUT2D eigenvalue weighted by Crippen LogP contribution is -1.94. The zero-order valence-corrected chi connectivity index (χ0v) is 33.6. The number of fused-ring (bicyclic) bond motifs is 8. The minimum atomic E-state index is 1.07. The van der Waals surface area contributed by atoms with Gasteiger partial charge in [-0.3, -0.25) is 0 Å². The minimum Gasteiger partial charge on any atom is -0.309 e. The van der Waals surface area contributed by atoms with Crippen LogP contribution in [0.4, 0.5) is 0 Å². The smallest absolute Gasteiger partial charge is 0.0547 e. The molecule has 0 aliphatic rings. The van der Waals surface area contributed by atoms with Crippen molar-refractivity contribution in [1.29, 1.82) is 0 Å². The van der Waals surface area contributed by atoms with Crippen LogP contribution in [0.25, 0.3) is 110 Å². The number of rotatable bonds is 5. The number of benzene rings is 10. The van der Waals surface area contributed by atoms with Crippen molar-refractivity contribution >= 4 is 81.1 Å². The third-order valence-electron chi connectivity index (χ3n) is 12.1. The van der Waals surface area contributed by atoms with Crippen molar-refractivity contribution in [2.75, 3.05) is 0 Å². The first-order valence-electron chi connectivity index (χ1n) is 20.1. The van der Waals surface area contributed by atoms with Crippen molar-refractivity contribution in [2.45, 2.75) is 0 Å². The van der Waals surface area contributed by atoms with E-state index in [0.29, 0.717) is 0 Å². The molecule has 276 valence electrons. The molecule has 0 spiro atoms. The number of aromatic nitrogens is 2. The summed E-state index contributed by atoms with van der Waals surface area (Å²) >= 11 is 3.90. The predicted octanol–water partition coefficient (Wildman–Crippen LogP) is 16.0. The largest absolute Gasteiger partial charge is 0.309 e. The van der Waals surface area contributed by atoms with Crippen LogP contribution in [0.1, 0.15) is 0 Å². The Labute approximate surface area is 350 Å². The fraction of sp³-hybridized carbons (Fsp3) is 0. The Morgan fingerprint density at radius 2 is 0.661 bits per heavy atom. The molecule has 59 heavy (non-hydrogen) atoms. The highest BCUT2D eigenvalue weighted by Crippen LogP contribution is 2.42. The average molecular weight is 816 g/mol. The Bertz CT molecular complexity index is 3400. The van der Waals surface area contributed by atoms with Crippen LogP contribution in [-0.4, -0.2) is 9.13 Å². The normalized spacial score (nSPS) is 11.8. The molecule has 0 bridgehead atoms. The second-order valence-electron chi connectivity index (χ2n) is 15.5. The zero-order valence-electron chi connectivity index (χ0n) is 32.0. The lowest BCUT2D eigenvalue weighted by Gasteiger charge is -2.14. The lowest BCUT2D eigenvalue weighted by molar-refractivity contribution is 1.18. The van der Waals surface area contributed by atoms with Gasteiger partial charge in [0, 0.05) is 37.4 Å². The average Bonchev–Trinajstić information content (AvgIpc) is 3.78. The SMILES string of the molecule is Brc1ccccc1-c1cc(-c2ccc3c4cc5ccccc5cc4n(-c4ccccc4)c3c2)cc(-c2ccc3c4cc5ccccc5cc4n(-c4ccccc4)c3c2)c1. The Hall–Kier alpha value is -7.20. The first-order valence-corrected chi connectivity index (χ1v) is 20.9. The van der Waals surface area contributed by atoms with Gasteiger partial charge in [-0.2, -0.15) is 0 Å². The van der Waals surface area contributed by atoms with Gasteiger partial charge in [-0.25, -0.2) is 0 Å². The van der Waals surface area contributed by atoms with E-state index < -0.39 is 0 Å². The summed E-state index contributed by atoms with van der Waals surface area (Å²) in [4.78, 5) is 0. The third-order valence-corrected chi connectivity index (χ3v) is 12.8. The van der Waals surface area contributed by atoms with Crippen LogP contribution in [0.5, 0.6) is 0 Å². The van der Waals surface area contributed by atoms with Crippen LogP contribution in [0, 0.1) is 0 Å². The molecule has 2 nitrogen and oxygen atoms in total. The summed E-state index contributed by atoms with van der Waals surface area (Å²) in [6.07, 6.45) is 0. The third kappa shape index (κ3) is 5.54. The molecule has 0 unspecified atom stereocenters. The summed E-state index contributed by atoms with van der Waals surface area (Å²) in [7, 11) is 0. The molecule has 12 rings (SSSR count). The molecule has 0 aliphatic carbocycles. The van der Waals surface area contributed by atoms with Crippen molar-refractivity contribution in [1.82, 2.24) is 9.13 Å². The molecule has 10 aromatic carbocycles. The van der Waals surface area contributed by atoms with Crippen LogP contribution in [-0.2, 0) is 0 Å². The van der Waals surface area contributed by atoms with E-state index in [-0.39, 0.29) is 0 Å². The molecule has 12 aromatic rings. The number of halogens is 1. The molecule has 0 saturated carbocycles. The Kier molecular flexibility index (Phi) is 7.72. The molecule has 0 radical (unpaired) electrons. The monoisotopic (exact) mass is 814 g/mol. The van der Waals surface area contributed by atoms with E-state index in [1.54, 1.807) is 0 Å². The second-order valence-corrected chi connectivity index (χ2v) is 16.4. The van der Waals surface area contributed by atoms with Crippen molar-refractivity contribution < 1.29 is 0 Å². The zero-order chi connectivity index (χ0) is 39.0. The topological polar surface area (TPSA) is 9.86 Å². The molecule has 0 fully saturated rings. The van der Waals surface area contributed by atoms with E-state index in [1.807, 2.05) is 0 Å².